The van der Waals surface area contributed by atoms with Crippen molar-refractivity contribution in [3.63, 3.8) is 0 Å². The summed E-state index contributed by atoms with van der Waals surface area (Å²) in [6, 6.07) is 17.2. The minimum atomic E-state index is 0.178. The second-order valence-electron chi connectivity index (χ2n) is 5.97. The lowest BCUT2D eigenvalue weighted by atomic mass is 10.2. The molecule has 0 aliphatic rings. The Morgan fingerprint density at radius 2 is 1.73 bits per heavy atom. The van der Waals surface area contributed by atoms with E-state index in [2.05, 4.69) is 10.4 Å². The number of nitrogen functional groups attached to an aromatic ring is 1. The highest BCUT2D eigenvalue weighted by Gasteiger charge is 2.14. The van der Waals surface area contributed by atoms with Gasteiger partial charge in [0.2, 0.25) is 0 Å². The summed E-state index contributed by atoms with van der Waals surface area (Å²) in [5.41, 5.74) is 9.62. The van der Waals surface area contributed by atoms with Crippen LogP contribution in [0.2, 0.25) is 0 Å². The first-order valence-corrected chi connectivity index (χ1v) is 8.17. The number of aromatic hydroxyl groups is 1. The predicted octanol–water partition coefficient (Wildman–Crippen LogP) is 4.47. The van der Waals surface area contributed by atoms with Gasteiger partial charge in [-0.25, -0.2) is 4.52 Å². The number of anilines is 3. The van der Waals surface area contributed by atoms with E-state index in [0.29, 0.717) is 11.4 Å². The number of para-hydroxylation sites is 1. The molecule has 6 heteroatoms. The van der Waals surface area contributed by atoms with E-state index in [1.165, 1.54) is 0 Å². The zero-order valence-electron chi connectivity index (χ0n) is 14.2. The SMILES string of the molecule is Cc1c(O)cn2ncc(N)c(Nc3ccc(Oc4ccccc4)cc3)c12. The topological polar surface area (TPSA) is 84.8 Å². The minimum Gasteiger partial charge on any atom is -0.506 e. The fourth-order valence-corrected chi connectivity index (χ4v) is 2.80. The van der Waals surface area contributed by atoms with E-state index in [0.717, 1.165) is 28.3 Å². The van der Waals surface area contributed by atoms with E-state index in [-0.39, 0.29) is 5.75 Å². The highest BCUT2D eigenvalue weighted by atomic mass is 16.5. The van der Waals surface area contributed by atoms with Crippen LogP contribution in [0.1, 0.15) is 5.56 Å². The van der Waals surface area contributed by atoms with Crippen LogP contribution in [0.25, 0.3) is 5.52 Å². The largest absolute Gasteiger partial charge is 0.506 e. The monoisotopic (exact) mass is 346 g/mol. The molecule has 0 aliphatic heterocycles. The van der Waals surface area contributed by atoms with Crippen molar-refractivity contribution in [2.45, 2.75) is 6.92 Å². The molecule has 0 spiro atoms. The maximum Gasteiger partial charge on any atom is 0.139 e. The standard InChI is InChI=1S/C20H18N4O2/c1-13-18(25)12-24-20(13)19(17(21)11-22-24)23-14-7-9-16(10-8-14)26-15-5-3-2-4-6-15/h2-12,23,25H,21H2,1H3. The highest BCUT2D eigenvalue weighted by Crippen LogP contribution is 2.34. The predicted molar refractivity (Wildman–Crippen MR) is 102 cm³/mol. The molecule has 0 unspecified atom stereocenters. The average molecular weight is 346 g/mol. The number of hydrogen-bond donors (Lipinski definition) is 3. The molecule has 2 aromatic carbocycles. The average Bonchev–Trinajstić information content (AvgIpc) is 2.94. The van der Waals surface area contributed by atoms with Gasteiger partial charge in [-0.05, 0) is 43.3 Å². The Morgan fingerprint density at radius 1 is 1.04 bits per heavy atom. The molecule has 0 saturated heterocycles. The molecule has 0 amide bonds. The lowest BCUT2D eigenvalue weighted by molar-refractivity contribution is 0.471. The normalized spacial score (nSPS) is 10.8. The van der Waals surface area contributed by atoms with Gasteiger partial charge in [0.1, 0.15) is 17.2 Å². The molecule has 4 N–H and O–H groups in total. The summed E-state index contributed by atoms with van der Waals surface area (Å²) in [6.07, 6.45) is 3.12. The van der Waals surface area contributed by atoms with E-state index in [4.69, 9.17) is 10.5 Å². The van der Waals surface area contributed by atoms with Crippen LogP contribution in [0.15, 0.2) is 67.0 Å². The van der Waals surface area contributed by atoms with E-state index in [1.54, 1.807) is 16.9 Å². The van der Waals surface area contributed by atoms with Gasteiger partial charge in [-0.2, -0.15) is 5.10 Å². The summed E-state index contributed by atoms with van der Waals surface area (Å²) in [5.74, 6) is 1.71. The van der Waals surface area contributed by atoms with E-state index in [9.17, 15) is 5.11 Å². The van der Waals surface area contributed by atoms with Gasteiger partial charge in [-0.15, -0.1) is 0 Å². The molecule has 2 heterocycles. The van der Waals surface area contributed by atoms with Gasteiger partial charge in [0, 0.05) is 11.3 Å². The van der Waals surface area contributed by atoms with Gasteiger partial charge in [-0.3, -0.25) is 0 Å². The number of nitrogens with zero attached hydrogens (tertiary/aromatic N) is 2. The Labute approximate surface area is 150 Å². The number of ether oxygens (including phenoxy) is 1. The third kappa shape index (κ3) is 2.88. The number of aryl methyl sites for hydroxylation is 1. The van der Waals surface area contributed by atoms with Crippen molar-refractivity contribution >= 4 is 22.6 Å². The van der Waals surface area contributed by atoms with Crippen molar-refractivity contribution in [1.29, 1.82) is 0 Å². The molecule has 0 fully saturated rings. The smallest absolute Gasteiger partial charge is 0.139 e. The van der Waals surface area contributed by atoms with Crippen molar-refractivity contribution in [1.82, 2.24) is 9.61 Å². The molecule has 130 valence electrons. The van der Waals surface area contributed by atoms with E-state index in [1.807, 2.05) is 61.5 Å². The number of rotatable bonds is 4. The van der Waals surface area contributed by atoms with Crippen LogP contribution in [0.3, 0.4) is 0 Å². The summed E-state index contributed by atoms with van der Waals surface area (Å²) < 4.78 is 7.41. The highest BCUT2D eigenvalue weighted by molar-refractivity contribution is 5.89. The van der Waals surface area contributed by atoms with Crippen molar-refractivity contribution in [2.75, 3.05) is 11.1 Å². The maximum absolute atomic E-state index is 9.96. The molecule has 4 rings (SSSR count). The Morgan fingerprint density at radius 3 is 2.46 bits per heavy atom. The molecular weight excluding hydrogens is 328 g/mol. The van der Waals surface area contributed by atoms with Gasteiger partial charge in [0.05, 0.1) is 29.3 Å². The number of nitrogens with two attached hydrogens (primary N) is 1. The number of fused-ring (bicyclic) bond motifs is 1. The Hall–Kier alpha value is -3.67. The van der Waals surface area contributed by atoms with E-state index >= 15 is 0 Å². The molecule has 0 saturated carbocycles. The minimum absolute atomic E-state index is 0.178. The summed E-state index contributed by atoms with van der Waals surface area (Å²) >= 11 is 0. The van der Waals surface area contributed by atoms with Crippen LogP contribution in [0.5, 0.6) is 17.2 Å². The number of nitrogens with one attached hydrogen (secondary N) is 1. The van der Waals surface area contributed by atoms with Gasteiger partial charge in [0.25, 0.3) is 0 Å². The van der Waals surface area contributed by atoms with Crippen molar-refractivity contribution < 1.29 is 9.84 Å². The Kier molecular flexibility index (Phi) is 3.85. The van der Waals surface area contributed by atoms with Gasteiger partial charge in [-0.1, -0.05) is 18.2 Å². The zero-order valence-corrected chi connectivity index (χ0v) is 14.2. The molecule has 0 atom stereocenters. The third-order valence-corrected chi connectivity index (χ3v) is 4.16. The molecule has 4 aromatic rings. The summed E-state index contributed by atoms with van der Waals surface area (Å²) in [6.45, 7) is 1.83. The van der Waals surface area contributed by atoms with Gasteiger partial charge < -0.3 is 20.9 Å². The first-order chi connectivity index (χ1) is 12.6. The van der Waals surface area contributed by atoms with E-state index < -0.39 is 0 Å². The lowest BCUT2D eigenvalue weighted by Crippen LogP contribution is -2.02. The number of aromatic nitrogens is 2. The third-order valence-electron chi connectivity index (χ3n) is 4.16. The lowest BCUT2D eigenvalue weighted by Gasteiger charge is -2.12. The quantitative estimate of drug-likeness (QED) is 0.508. The van der Waals surface area contributed by atoms with Crippen LogP contribution in [-0.2, 0) is 0 Å². The molecule has 0 bridgehead atoms. The molecule has 0 radical (unpaired) electrons. The zero-order chi connectivity index (χ0) is 18.1. The summed E-state index contributed by atoms with van der Waals surface area (Å²) in [7, 11) is 0. The van der Waals surface area contributed by atoms with Crippen LogP contribution >= 0.6 is 0 Å². The fraction of sp³-hybridized carbons (Fsp3) is 0.0500. The Bertz CT molecular complexity index is 1060. The Balaban J connectivity index is 1.62. The van der Waals surface area contributed by atoms with Crippen LogP contribution < -0.4 is 15.8 Å². The fourth-order valence-electron chi connectivity index (χ4n) is 2.80. The first kappa shape index (κ1) is 15.8. The van der Waals surface area contributed by atoms with Crippen LogP contribution in [-0.4, -0.2) is 14.7 Å². The first-order valence-electron chi connectivity index (χ1n) is 8.17. The second-order valence-corrected chi connectivity index (χ2v) is 5.97. The van der Waals surface area contributed by atoms with Crippen molar-refractivity contribution in [3.8, 4) is 17.2 Å². The summed E-state index contributed by atoms with van der Waals surface area (Å²) in [4.78, 5) is 0. The molecular formula is C20H18N4O2. The molecule has 26 heavy (non-hydrogen) atoms. The number of benzene rings is 2. The maximum atomic E-state index is 9.96. The van der Waals surface area contributed by atoms with Crippen molar-refractivity contribution in [3.05, 3.63) is 72.6 Å². The molecule has 0 aliphatic carbocycles. The van der Waals surface area contributed by atoms with Crippen LogP contribution in [0, 0.1) is 6.92 Å². The second kappa shape index (κ2) is 6.33. The number of hydrogen-bond acceptors (Lipinski definition) is 5. The summed E-state index contributed by atoms with van der Waals surface area (Å²) in [5, 5.41) is 17.5. The molecule has 6 nitrogen and oxygen atoms in total. The van der Waals surface area contributed by atoms with Crippen LogP contribution in [0.4, 0.5) is 17.1 Å². The molecule has 2 aromatic heterocycles. The van der Waals surface area contributed by atoms with Gasteiger partial charge >= 0.3 is 0 Å². The van der Waals surface area contributed by atoms with Crippen molar-refractivity contribution in [2.24, 2.45) is 0 Å². The van der Waals surface area contributed by atoms with Gasteiger partial charge in [0.15, 0.2) is 0 Å².